The van der Waals surface area contributed by atoms with Crippen LogP contribution in [0.2, 0.25) is 0 Å². The molecule has 0 N–H and O–H groups in total. The van der Waals surface area contributed by atoms with Gasteiger partial charge in [0.15, 0.2) is 52.0 Å². The molecule has 0 fully saturated rings. The first-order valence-corrected chi connectivity index (χ1v) is 24.3. The van der Waals surface area contributed by atoms with Crippen LogP contribution in [0, 0.1) is 0 Å². The van der Waals surface area contributed by atoms with Crippen LogP contribution in [0.4, 0.5) is 0 Å². The lowest BCUT2D eigenvalue weighted by molar-refractivity contribution is 0.223. The van der Waals surface area contributed by atoms with Crippen LogP contribution < -0.4 is 0 Å². The van der Waals surface area contributed by atoms with Crippen LogP contribution >= 0.6 is 383 Å². The first-order chi connectivity index (χ1) is 22.2. The van der Waals surface area contributed by atoms with Crippen LogP contribution in [-0.4, -0.2) is 77.4 Å². The molecule has 53 heavy (non-hydrogen) atoms. The van der Waals surface area contributed by atoms with E-state index in [1.165, 1.54) is 0 Å². The molecule has 0 aliphatic heterocycles. The summed E-state index contributed by atoms with van der Waals surface area (Å²) in [7, 11) is -3.98. The largest absolute Gasteiger partial charge is 0.270 e. The van der Waals surface area contributed by atoms with E-state index in [1.54, 1.807) is 0 Å². The molecule has 0 saturated heterocycles. The minimum Gasteiger partial charge on any atom is -0.229 e. The molecular formula is C16HCl33O3S. The second-order valence-corrected chi connectivity index (χ2v) is 32.1. The molecule has 0 aromatic carbocycles. The van der Waals surface area contributed by atoms with Crippen molar-refractivity contribution in [2.24, 2.45) is 0 Å². The van der Waals surface area contributed by atoms with E-state index in [4.69, 9.17) is 383 Å². The van der Waals surface area contributed by atoms with Crippen LogP contribution in [-0.2, 0) is 15.2 Å². The molecule has 37 heteroatoms. The maximum Gasteiger partial charge on any atom is 0.270 e. The Balaban J connectivity index is 7.74. The van der Waals surface area contributed by atoms with Crippen LogP contribution in [0.1, 0.15) is 0 Å². The highest BCUT2D eigenvalue weighted by Gasteiger charge is 2.87. The molecule has 0 spiro atoms. The minimum atomic E-state index is -3.98. The molecule has 3 nitrogen and oxygen atoms in total. The molecule has 0 amide bonds. The number of thiol groups is 1. The first kappa shape index (κ1) is 62.5. The van der Waals surface area contributed by atoms with Crippen LogP contribution in [0.3, 0.4) is 0 Å². The Labute approximate surface area is 467 Å². The number of halogens is 33. The monoisotopic (exact) mass is 1430 g/mol. The van der Waals surface area contributed by atoms with Gasteiger partial charge in [-0.25, -0.2) is 12.6 Å². The third-order valence-corrected chi connectivity index (χ3v) is 30.1. The standard InChI is InChI=1S/C16HCl33O3S/c17-1(18,3(21,22)5(25,26)7(29,30)9(33,34)11(37,38)13(41,42)15(45,46)47)2(19,20)4(23,24)6(27,28)8(31,32)10(35,36)12(39,40)14(43,44)16(48,49)52-53(50)51/h53H. The second-order valence-electron chi connectivity index (χ2n) is 9.37. The molecule has 0 aliphatic carbocycles. The zero-order chi connectivity index (χ0) is 44.3. The molecule has 0 radical (unpaired) electrons. The highest BCUT2D eigenvalue weighted by molar-refractivity contribution is 7.67. The summed E-state index contributed by atoms with van der Waals surface area (Å²) in [5, 5.41) is 0. The van der Waals surface area contributed by atoms with Crippen LogP contribution in [0.15, 0.2) is 0 Å². The van der Waals surface area contributed by atoms with Crippen molar-refractivity contribution < 1.29 is 12.6 Å². The predicted octanol–water partition coefficient (Wildman–Crippen LogP) is 18.5. The number of rotatable bonds is 16. The molecule has 0 aromatic heterocycles. The Morgan fingerprint density at radius 1 is 0.226 bits per heavy atom. The lowest BCUT2D eigenvalue weighted by Crippen LogP contribution is -2.75. The van der Waals surface area contributed by atoms with Crippen LogP contribution in [0.25, 0.3) is 0 Å². The van der Waals surface area contributed by atoms with Crippen molar-refractivity contribution in [2.45, 2.75) is 69.0 Å². The summed E-state index contributed by atoms with van der Waals surface area (Å²) in [6, 6.07) is 0. The average molecular weight is 1440 g/mol. The normalized spacial score (nSPS) is 17.2. The molecule has 0 rings (SSSR count). The van der Waals surface area contributed by atoms with Gasteiger partial charge < -0.3 is 0 Å². The van der Waals surface area contributed by atoms with Crippen molar-refractivity contribution >= 4 is 394 Å². The van der Waals surface area contributed by atoms with Crippen LogP contribution in [0.5, 0.6) is 0 Å². The summed E-state index contributed by atoms with van der Waals surface area (Å²) in [6.45, 7) is 0. The van der Waals surface area contributed by atoms with Gasteiger partial charge in [0.1, 0.15) is 0 Å². The fraction of sp³-hybridized carbons (Fsp3) is 1.00. The van der Waals surface area contributed by atoms with Gasteiger partial charge in [-0.15, -0.1) is 0 Å². The second kappa shape index (κ2) is 18.8. The van der Waals surface area contributed by atoms with Crippen molar-refractivity contribution in [2.75, 3.05) is 0 Å². The Morgan fingerprint density at radius 3 is 0.491 bits per heavy atom. The Kier molecular flexibility index (Phi) is 22.1. The van der Waals surface area contributed by atoms with Gasteiger partial charge >= 0.3 is 0 Å². The van der Waals surface area contributed by atoms with E-state index >= 15 is 0 Å². The molecular weight excluding hydrogens is 1440 g/mol. The van der Waals surface area contributed by atoms with Crippen molar-refractivity contribution in [3.05, 3.63) is 0 Å². The van der Waals surface area contributed by atoms with E-state index in [0.717, 1.165) is 0 Å². The number of hydrogen-bond donors (Lipinski definition) is 1. The Bertz CT molecular complexity index is 1420. The Hall–Kier alpha value is 9.48. The van der Waals surface area contributed by atoms with Gasteiger partial charge in [0, 0.05) is 0 Å². The van der Waals surface area contributed by atoms with Gasteiger partial charge in [-0.3, -0.25) is 0 Å². The number of hydrogen-bond acceptors (Lipinski definition) is 3. The molecule has 0 bridgehead atoms. The summed E-state index contributed by atoms with van der Waals surface area (Å²) in [4.78, 5) is 0. The van der Waals surface area contributed by atoms with E-state index in [0.29, 0.717) is 0 Å². The topological polar surface area (TPSA) is 43.4 Å². The van der Waals surface area contributed by atoms with Gasteiger partial charge in [0.05, 0.1) is 0 Å². The van der Waals surface area contributed by atoms with Gasteiger partial charge in [-0.1, -0.05) is 383 Å². The van der Waals surface area contributed by atoms with Crippen molar-refractivity contribution in [3.8, 4) is 0 Å². The smallest absolute Gasteiger partial charge is 0.229 e. The number of alkyl halides is 33. The molecule has 0 atom stereocenters. The van der Waals surface area contributed by atoms with Crippen molar-refractivity contribution in [1.82, 2.24) is 0 Å². The maximum absolute atomic E-state index is 11.2. The van der Waals surface area contributed by atoms with Gasteiger partial charge in [-0.2, -0.15) is 0 Å². The Morgan fingerprint density at radius 2 is 0.358 bits per heavy atom. The highest BCUT2D eigenvalue weighted by Crippen LogP contribution is 2.78. The fourth-order valence-electron chi connectivity index (χ4n) is 2.88. The van der Waals surface area contributed by atoms with Gasteiger partial charge in [0.2, 0.25) is 12.5 Å². The van der Waals surface area contributed by atoms with Crippen molar-refractivity contribution in [1.29, 1.82) is 0 Å². The fourth-order valence-corrected chi connectivity index (χ4v) is 14.6. The molecule has 0 heterocycles. The molecule has 320 valence electrons. The van der Waals surface area contributed by atoms with E-state index in [2.05, 4.69) is 4.18 Å². The van der Waals surface area contributed by atoms with Crippen molar-refractivity contribution in [3.63, 3.8) is 0 Å². The summed E-state index contributed by atoms with van der Waals surface area (Å²) in [5.41, 5.74) is 0. The van der Waals surface area contributed by atoms with E-state index in [1.807, 2.05) is 0 Å². The molecule has 0 saturated carbocycles. The summed E-state index contributed by atoms with van der Waals surface area (Å²) >= 11 is 207. The zero-order valence-corrected chi connectivity index (χ0v) is 48.0. The zero-order valence-electron chi connectivity index (χ0n) is 22.1. The van der Waals surface area contributed by atoms with Gasteiger partial charge in [-0.05, 0) is 0 Å². The predicted molar refractivity (Wildman–Crippen MR) is 248 cm³/mol. The third-order valence-electron chi connectivity index (χ3n) is 6.04. The average Bonchev–Trinajstić information content (AvgIpc) is 2.89. The maximum atomic E-state index is 11.2. The molecule has 0 aromatic rings. The minimum absolute atomic E-state index is 2.87. The molecule has 0 aliphatic rings. The third kappa shape index (κ3) is 9.73. The van der Waals surface area contributed by atoms with E-state index < -0.39 is 80.0 Å². The highest BCUT2D eigenvalue weighted by atomic mass is 35.6. The van der Waals surface area contributed by atoms with E-state index in [9.17, 15) is 8.42 Å². The van der Waals surface area contributed by atoms with E-state index in [-0.39, 0.29) is 0 Å². The van der Waals surface area contributed by atoms with Gasteiger partial charge in [0.25, 0.3) is 15.5 Å². The molecule has 0 unspecified atom stereocenters. The SMILES string of the molecule is O=[SH](=O)OC(Cl)(Cl)C(Cl)(Cl)C(Cl)(Cl)C(Cl)(Cl)C(Cl)(Cl)C(Cl)(Cl)C(Cl)(Cl)C(Cl)(Cl)C(Cl)(Cl)C(Cl)(Cl)C(Cl)(Cl)C(Cl)(Cl)C(Cl)(Cl)C(Cl)(Cl)C(Cl)(Cl)C(Cl)(Cl)Cl. The quantitative estimate of drug-likeness (QED) is 0.124. The summed E-state index contributed by atoms with van der Waals surface area (Å²) < 4.78 is -29.2. The summed E-state index contributed by atoms with van der Waals surface area (Å²) in [6.07, 6.45) is 0. The summed E-state index contributed by atoms with van der Waals surface area (Å²) in [5.74, 6) is 0. The lowest BCUT2D eigenvalue weighted by Gasteiger charge is -2.58. The first-order valence-electron chi connectivity index (χ1n) is 10.7. The lowest BCUT2D eigenvalue weighted by atomic mass is 9.97.